The summed E-state index contributed by atoms with van der Waals surface area (Å²) in [5.74, 6) is 0. The van der Waals surface area contributed by atoms with E-state index in [1.54, 1.807) is 0 Å². The summed E-state index contributed by atoms with van der Waals surface area (Å²) in [5, 5.41) is 0. The Kier molecular flexibility index (Phi) is 4.67. The van der Waals surface area contributed by atoms with Crippen molar-refractivity contribution in [1.29, 1.82) is 0 Å². The van der Waals surface area contributed by atoms with Crippen molar-refractivity contribution in [2.75, 3.05) is 19.6 Å². The van der Waals surface area contributed by atoms with Gasteiger partial charge in [0.25, 0.3) is 0 Å². The Balaban J connectivity index is 1.74. The Morgan fingerprint density at radius 1 is 1.28 bits per heavy atom. The van der Waals surface area contributed by atoms with E-state index >= 15 is 0 Å². The number of amides is 1. The van der Waals surface area contributed by atoms with Crippen LogP contribution in [-0.4, -0.2) is 36.2 Å². The van der Waals surface area contributed by atoms with Gasteiger partial charge in [0.05, 0.1) is 0 Å². The Hall–Kier alpha value is -1.81. The van der Waals surface area contributed by atoms with Crippen LogP contribution in [0.25, 0.3) is 5.57 Å². The third-order valence-electron chi connectivity index (χ3n) is 5.41. The number of hydrogen-bond acceptors (Lipinski definition) is 3. The van der Waals surface area contributed by atoms with Crippen molar-refractivity contribution in [3.63, 3.8) is 0 Å². The smallest absolute Gasteiger partial charge is 0.410 e. The van der Waals surface area contributed by atoms with E-state index in [0.717, 1.165) is 19.3 Å². The van der Waals surface area contributed by atoms with Crippen LogP contribution in [0.5, 0.6) is 0 Å². The summed E-state index contributed by atoms with van der Waals surface area (Å²) in [6, 6.07) is 6.69. The average molecular weight is 342 g/mol. The van der Waals surface area contributed by atoms with Crippen molar-refractivity contribution < 1.29 is 9.53 Å². The van der Waals surface area contributed by atoms with E-state index in [0.29, 0.717) is 19.6 Å². The molecule has 0 unspecified atom stereocenters. The highest BCUT2D eigenvalue weighted by atomic mass is 16.6. The van der Waals surface area contributed by atoms with Crippen molar-refractivity contribution in [2.24, 2.45) is 11.1 Å². The second-order valence-electron chi connectivity index (χ2n) is 8.43. The van der Waals surface area contributed by atoms with Crippen LogP contribution in [0.2, 0.25) is 0 Å². The van der Waals surface area contributed by atoms with E-state index in [2.05, 4.69) is 31.2 Å². The van der Waals surface area contributed by atoms with Crippen molar-refractivity contribution in [2.45, 2.75) is 52.6 Å². The SMILES string of the molecule is Cc1ccc2c(c1)CC=C2C1(CN)CCN(C(=O)OC(C)(C)C)CC1. The number of allylic oxidation sites excluding steroid dienone is 1. The largest absolute Gasteiger partial charge is 0.444 e. The van der Waals surface area contributed by atoms with Gasteiger partial charge in [-0.05, 0) is 63.7 Å². The Morgan fingerprint density at radius 3 is 2.56 bits per heavy atom. The Morgan fingerprint density at radius 2 is 1.96 bits per heavy atom. The van der Waals surface area contributed by atoms with Crippen LogP contribution in [0.15, 0.2) is 24.3 Å². The second kappa shape index (κ2) is 6.49. The van der Waals surface area contributed by atoms with Gasteiger partial charge in [-0.3, -0.25) is 0 Å². The summed E-state index contributed by atoms with van der Waals surface area (Å²) in [6.45, 7) is 9.86. The number of rotatable bonds is 2. The summed E-state index contributed by atoms with van der Waals surface area (Å²) in [6.07, 6.45) is 4.91. The molecule has 0 radical (unpaired) electrons. The first-order valence-electron chi connectivity index (χ1n) is 9.23. The molecule has 0 spiro atoms. The van der Waals surface area contributed by atoms with E-state index in [4.69, 9.17) is 10.5 Å². The fourth-order valence-corrected chi connectivity index (χ4v) is 4.01. The third kappa shape index (κ3) is 3.59. The van der Waals surface area contributed by atoms with Crippen molar-refractivity contribution >= 4 is 11.7 Å². The van der Waals surface area contributed by atoms with Crippen LogP contribution in [0, 0.1) is 12.3 Å². The molecule has 1 aliphatic heterocycles. The van der Waals surface area contributed by atoms with Gasteiger partial charge in [-0.25, -0.2) is 4.79 Å². The molecule has 2 aliphatic rings. The number of carbonyl (C=O) groups is 1. The fourth-order valence-electron chi connectivity index (χ4n) is 4.01. The average Bonchev–Trinajstić information content (AvgIpc) is 2.96. The van der Waals surface area contributed by atoms with E-state index in [9.17, 15) is 4.79 Å². The van der Waals surface area contributed by atoms with Crippen LogP contribution in [0.3, 0.4) is 0 Å². The summed E-state index contributed by atoms with van der Waals surface area (Å²) >= 11 is 0. The van der Waals surface area contributed by atoms with Gasteiger partial charge in [0.1, 0.15) is 5.60 Å². The van der Waals surface area contributed by atoms with Crippen molar-refractivity contribution in [3.8, 4) is 0 Å². The van der Waals surface area contributed by atoms with Crippen LogP contribution < -0.4 is 5.73 Å². The molecule has 0 aromatic heterocycles. The molecule has 3 rings (SSSR count). The van der Waals surface area contributed by atoms with Crippen LogP contribution >= 0.6 is 0 Å². The monoisotopic (exact) mass is 342 g/mol. The van der Waals surface area contributed by atoms with Gasteiger partial charge in [0.15, 0.2) is 0 Å². The zero-order valence-corrected chi connectivity index (χ0v) is 15.9. The Labute approximate surface area is 151 Å². The lowest BCUT2D eigenvalue weighted by Crippen LogP contribution is -2.47. The number of ether oxygens (including phenoxy) is 1. The highest BCUT2D eigenvalue weighted by Gasteiger charge is 2.40. The number of nitrogens with two attached hydrogens (primary N) is 1. The van der Waals surface area contributed by atoms with Gasteiger partial charge in [-0.1, -0.05) is 29.8 Å². The standard InChI is InChI=1S/C21H30N2O2/c1-15-5-7-17-16(13-15)6-8-18(17)21(14-22)9-11-23(12-10-21)19(24)25-20(2,3)4/h5,7-8,13H,6,9-12,14,22H2,1-4H3. The van der Waals surface area contributed by atoms with Gasteiger partial charge < -0.3 is 15.4 Å². The molecule has 1 saturated heterocycles. The number of likely N-dealkylation sites (tertiary alicyclic amines) is 1. The van der Waals surface area contributed by atoms with Crippen LogP contribution in [-0.2, 0) is 11.2 Å². The van der Waals surface area contributed by atoms with Crippen molar-refractivity contribution in [3.05, 3.63) is 41.0 Å². The maximum absolute atomic E-state index is 12.3. The maximum atomic E-state index is 12.3. The van der Waals surface area contributed by atoms with E-state index in [-0.39, 0.29) is 11.5 Å². The number of hydrogen-bond donors (Lipinski definition) is 1. The number of carbonyl (C=O) groups excluding carboxylic acids is 1. The molecule has 1 amide bonds. The molecule has 1 aliphatic carbocycles. The first-order valence-corrected chi connectivity index (χ1v) is 9.23. The topological polar surface area (TPSA) is 55.6 Å². The molecular weight excluding hydrogens is 312 g/mol. The van der Waals surface area contributed by atoms with E-state index in [1.165, 1.54) is 22.3 Å². The first kappa shape index (κ1) is 18.0. The lowest BCUT2D eigenvalue weighted by atomic mass is 9.70. The summed E-state index contributed by atoms with van der Waals surface area (Å²) in [4.78, 5) is 14.2. The zero-order chi connectivity index (χ0) is 18.2. The molecule has 0 saturated carbocycles. The number of nitrogens with zero attached hydrogens (tertiary/aromatic N) is 1. The number of piperidine rings is 1. The van der Waals surface area contributed by atoms with Gasteiger partial charge in [0, 0.05) is 25.0 Å². The number of aryl methyl sites for hydroxylation is 1. The molecule has 2 N–H and O–H groups in total. The molecule has 1 heterocycles. The fraction of sp³-hybridized carbons (Fsp3) is 0.571. The highest BCUT2D eigenvalue weighted by molar-refractivity contribution is 5.78. The molecule has 4 heteroatoms. The van der Waals surface area contributed by atoms with Gasteiger partial charge in [0.2, 0.25) is 0 Å². The van der Waals surface area contributed by atoms with Gasteiger partial charge in [-0.2, -0.15) is 0 Å². The molecule has 1 fully saturated rings. The second-order valence-corrected chi connectivity index (χ2v) is 8.43. The Bertz CT molecular complexity index is 692. The first-order chi connectivity index (χ1) is 11.7. The van der Waals surface area contributed by atoms with Gasteiger partial charge >= 0.3 is 6.09 Å². The quantitative estimate of drug-likeness (QED) is 0.886. The molecule has 25 heavy (non-hydrogen) atoms. The van der Waals surface area contributed by atoms with Gasteiger partial charge in [-0.15, -0.1) is 0 Å². The number of fused-ring (bicyclic) bond motifs is 1. The molecule has 136 valence electrons. The van der Waals surface area contributed by atoms with E-state index in [1.807, 2.05) is 25.7 Å². The normalized spacial score (nSPS) is 19.4. The maximum Gasteiger partial charge on any atom is 0.410 e. The molecule has 1 aromatic rings. The van der Waals surface area contributed by atoms with Crippen molar-refractivity contribution in [1.82, 2.24) is 4.90 Å². The summed E-state index contributed by atoms with van der Waals surface area (Å²) < 4.78 is 5.52. The third-order valence-corrected chi connectivity index (χ3v) is 5.41. The molecule has 1 aromatic carbocycles. The predicted molar refractivity (Wildman–Crippen MR) is 101 cm³/mol. The zero-order valence-electron chi connectivity index (χ0n) is 15.9. The van der Waals surface area contributed by atoms with E-state index < -0.39 is 5.60 Å². The highest BCUT2D eigenvalue weighted by Crippen LogP contribution is 2.47. The minimum atomic E-state index is -0.454. The summed E-state index contributed by atoms with van der Waals surface area (Å²) in [5.41, 5.74) is 11.2. The number of benzene rings is 1. The molecule has 0 bridgehead atoms. The lowest BCUT2D eigenvalue weighted by Gasteiger charge is -2.42. The molecular formula is C21H30N2O2. The molecule has 0 atom stereocenters. The predicted octanol–water partition coefficient (Wildman–Crippen LogP) is 3.91. The van der Waals surface area contributed by atoms with Crippen LogP contribution in [0.1, 0.15) is 50.3 Å². The minimum Gasteiger partial charge on any atom is -0.444 e. The lowest BCUT2D eigenvalue weighted by molar-refractivity contribution is 0.0155. The molecule has 4 nitrogen and oxygen atoms in total. The van der Waals surface area contributed by atoms with Crippen LogP contribution in [0.4, 0.5) is 4.79 Å². The minimum absolute atomic E-state index is 0.0287. The summed E-state index contributed by atoms with van der Waals surface area (Å²) in [7, 11) is 0.